The molecule has 0 fully saturated rings. The Balaban J connectivity index is 2.38. The standard InChI is InChI=1S/C12H10F3NOS/c1-7(17)10-6-16-11(18-10)8-3-2-4-9(5-8)12(13,14)15/h2-7,17H,1H3. The number of hydrogen-bond donors (Lipinski definition) is 1. The van der Waals surface area contributed by atoms with Gasteiger partial charge in [0.25, 0.3) is 0 Å². The van der Waals surface area contributed by atoms with E-state index >= 15 is 0 Å². The predicted molar refractivity (Wildman–Crippen MR) is 63.2 cm³/mol. The van der Waals surface area contributed by atoms with Crippen molar-refractivity contribution in [1.29, 1.82) is 0 Å². The second kappa shape index (κ2) is 4.70. The SMILES string of the molecule is CC(O)c1cnc(-c2cccc(C(F)(F)F)c2)s1. The van der Waals surface area contributed by atoms with Crippen LogP contribution in [0.4, 0.5) is 13.2 Å². The quantitative estimate of drug-likeness (QED) is 0.900. The molecule has 0 amide bonds. The number of alkyl halides is 3. The van der Waals surface area contributed by atoms with E-state index in [0.717, 1.165) is 12.1 Å². The Morgan fingerprint density at radius 2 is 2.06 bits per heavy atom. The Bertz CT molecular complexity index is 548. The molecule has 0 saturated carbocycles. The van der Waals surface area contributed by atoms with Crippen molar-refractivity contribution >= 4 is 11.3 Å². The third-order valence-corrected chi connectivity index (χ3v) is 3.59. The van der Waals surface area contributed by atoms with Gasteiger partial charge in [-0.15, -0.1) is 11.3 Å². The molecule has 0 aliphatic heterocycles. The zero-order valence-electron chi connectivity index (χ0n) is 9.40. The lowest BCUT2D eigenvalue weighted by Crippen LogP contribution is -2.04. The van der Waals surface area contributed by atoms with E-state index in [4.69, 9.17) is 0 Å². The normalized spacial score (nSPS) is 13.6. The molecule has 2 aromatic rings. The average Bonchev–Trinajstić information content (AvgIpc) is 2.77. The number of aromatic nitrogens is 1. The fraction of sp³-hybridized carbons (Fsp3) is 0.250. The summed E-state index contributed by atoms with van der Waals surface area (Å²) in [6, 6.07) is 5.00. The molecule has 18 heavy (non-hydrogen) atoms. The average molecular weight is 273 g/mol. The van der Waals surface area contributed by atoms with Gasteiger partial charge in [-0.3, -0.25) is 0 Å². The van der Waals surface area contributed by atoms with Crippen molar-refractivity contribution in [2.75, 3.05) is 0 Å². The van der Waals surface area contributed by atoms with E-state index in [-0.39, 0.29) is 0 Å². The number of aliphatic hydroxyl groups excluding tert-OH is 1. The molecule has 0 aliphatic rings. The number of thiazole rings is 1. The largest absolute Gasteiger partial charge is 0.416 e. The molecule has 2 nitrogen and oxygen atoms in total. The summed E-state index contributed by atoms with van der Waals surface area (Å²) in [4.78, 5) is 4.65. The molecule has 96 valence electrons. The van der Waals surface area contributed by atoms with Crippen LogP contribution in [-0.4, -0.2) is 10.1 Å². The fourth-order valence-corrected chi connectivity index (χ4v) is 2.29. The van der Waals surface area contributed by atoms with Crippen LogP contribution < -0.4 is 0 Å². The van der Waals surface area contributed by atoms with Gasteiger partial charge in [-0.2, -0.15) is 13.2 Å². The topological polar surface area (TPSA) is 33.1 Å². The maximum absolute atomic E-state index is 12.6. The van der Waals surface area contributed by atoms with Gasteiger partial charge >= 0.3 is 6.18 Å². The first-order valence-corrected chi connectivity index (χ1v) is 6.01. The summed E-state index contributed by atoms with van der Waals surface area (Å²) in [6.07, 6.45) is -3.55. The van der Waals surface area contributed by atoms with Crippen molar-refractivity contribution in [2.24, 2.45) is 0 Å². The molecule has 1 aromatic heterocycles. The van der Waals surface area contributed by atoms with Crippen LogP contribution in [0.1, 0.15) is 23.5 Å². The number of rotatable bonds is 2. The van der Waals surface area contributed by atoms with E-state index in [1.807, 2.05) is 0 Å². The first-order valence-electron chi connectivity index (χ1n) is 5.19. The van der Waals surface area contributed by atoms with E-state index in [1.165, 1.54) is 23.6 Å². The van der Waals surface area contributed by atoms with Crippen LogP contribution in [0.2, 0.25) is 0 Å². The van der Waals surface area contributed by atoms with E-state index in [0.29, 0.717) is 15.4 Å². The number of hydrogen-bond acceptors (Lipinski definition) is 3. The summed E-state index contributed by atoms with van der Waals surface area (Å²) in [6.45, 7) is 1.59. The molecule has 1 unspecified atom stereocenters. The summed E-state index contributed by atoms with van der Waals surface area (Å²) in [7, 11) is 0. The minimum Gasteiger partial charge on any atom is -0.388 e. The van der Waals surface area contributed by atoms with Gasteiger partial charge in [0.05, 0.1) is 16.5 Å². The first-order chi connectivity index (χ1) is 8.38. The third-order valence-electron chi connectivity index (χ3n) is 2.37. The summed E-state index contributed by atoms with van der Waals surface area (Å²) in [5.41, 5.74) is -0.296. The summed E-state index contributed by atoms with van der Waals surface area (Å²) in [5.74, 6) is 0. The van der Waals surface area contributed by atoms with E-state index in [9.17, 15) is 18.3 Å². The monoisotopic (exact) mass is 273 g/mol. The van der Waals surface area contributed by atoms with Crippen LogP contribution in [0.5, 0.6) is 0 Å². The lowest BCUT2D eigenvalue weighted by molar-refractivity contribution is -0.137. The van der Waals surface area contributed by atoms with Gasteiger partial charge in [0.2, 0.25) is 0 Å². The van der Waals surface area contributed by atoms with Crippen LogP contribution in [-0.2, 0) is 6.18 Å². The highest BCUT2D eigenvalue weighted by molar-refractivity contribution is 7.15. The van der Waals surface area contributed by atoms with Crippen molar-refractivity contribution in [3.05, 3.63) is 40.9 Å². The van der Waals surface area contributed by atoms with Gasteiger partial charge in [-0.1, -0.05) is 12.1 Å². The van der Waals surface area contributed by atoms with Crippen molar-refractivity contribution in [3.63, 3.8) is 0 Å². The van der Waals surface area contributed by atoms with Gasteiger partial charge in [0.15, 0.2) is 0 Å². The first kappa shape index (κ1) is 13.0. The highest BCUT2D eigenvalue weighted by Gasteiger charge is 2.30. The van der Waals surface area contributed by atoms with Crippen molar-refractivity contribution in [2.45, 2.75) is 19.2 Å². The number of benzene rings is 1. The molecular formula is C12H10F3NOS. The highest BCUT2D eigenvalue weighted by atomic mass is 32.1. The van der Waals surface area contributed by atoms with Gasteiger partial charge in [-0.05, 0) is 19.1 Å². The number of nitrogens with zero attached hydrogens (tertiary/aromatic N) is 1. The minimum atomic E-state index is -4.36. The van der Waals surface area contributed by atoms with Crippen LogP contribution >= 0.6 is 11.3 Å². The Hall–Kier alpha value is -1.40. The van der Waals surface area contributed by atoms with Crippen molar-refractivity contribution in [3.8, 4) is 10.6 Å². The van der Waals surface area contributed by atoms with Crippen LogP contribution in [0, 0.1) is 0 Å². The molecule has 1 heterocycles. The lowest BCUT2D eigenvalue weighted by atomic mass is 10.1. The second-order valence-corrected chi connectivity index (χ2v) is 4.88. The van der Waals surface area contributed by atoms with Gasteiger partial charge in [-0.25, -0.2) is 4.98 Å². The van der Waals surface area contributed by atoms with Gasteiger partial charge < -0.3 is 5.11 Å². The summed E-state index contributed by atoms with van der Waals surface area (Å²) >= 11 is 1.18. The maximum atomic E-state index is 12.6. The van der Waals surface area contributed by atoms with Gasteiger partial charge in [0.1, 0.15) is 5.01 Å². The van der Waals surface area contributed by atoms with E-state index in [2.05, 4.69) is 4.98 Å². The Kier molecular flexibility index (Phi) is 3.41. The van der Waals surface area contributed by atoms with Crippen molar-refractivity contribution in [1.82, 2.24) is 4.98 Å². The Morgan fingerprint density at radius 1 is 1.33 bits per heavy atom. The molecule has 0 aliphatic carbocycles. The predicted octanol–water partition coefficient (Wildman–Crippen LogP) is 3.88. The van der Waals surface area contributed by atoms with Gasteiger partial charge in [0, 0.05) is 11.8 Å². The van der Waals surface area contributed by atoms with Crippen LogP contribution in [0.15, 0.2) is 30.5 Å². The zero-order chi connectivity index (χ0) is 13.3. The zero-order valence-corrected chi connectivity index (χ0v) is 10.2. The fourth-order valence-electron chi connectivity index (χ4n) is 1.44. The van der Waals surface area contributed by atoms with Crippen LogP contribution in [0.3, 0.4) is 0 Å². The smallest absolute Gasteiger partial charge is 0.388 e. The molecular weight excluding hydrogens is 263 g/mol. The van der Waals surface area contributed by atoms with E-state index in [1.54, 1.807) is 13.0 Å². The summed E-state index contributed by atoms with van der Waals surface area (Å²) < 4.78 is 37.7. The Labute approximate surface area is 106 Å². The molecule has 1 N–H and O–H groups in total. The summed E-state index contributed by atoms with van der Waals surface area (Å²) in [5, 5.41) is 9.83. The minimum absolute atomic E-state index is 0.404. The lowest BCUT2D eigenvalue weighted by Gasteiger charge is -2.07. The molecule has 0 spiro atoms. The molecule has 1 atom stereocenters. The molecule has 2 rings (SSSR count). The molecule has 0 bridgehead atoms. The van der Waals surface area contributed by atoms with E-state index < -0.39 is 17.8 Å². The highest BCUT2D eigenvalue weighted by Crippen LogP contribution is 2.34. The number of halogens is 3. The molecule has 0 radical (unpaired) electrons. The third kappa shape index (κ3) is 2.70. The maximum Gasteiger partial charge on any atom is 0.416 e. The van der Waals surface area contributed by atoms with Crippen LogP contribution in [0.25, 0.3) is 10.6 Å². The van der Waals surface area contributed by atoms with Crippen molar-refractivity contribution < 1.29 is 18.3 Å². The second-order valence-electron chi connectivity index (χ2n) is 3.82. The Morgan fingerprint density at radius 3 is 2.61 bits per heavy atom. The molecule has 1 aromatic carbocycles. The molecule has 0 saturated heterocycles. The number of aliphatic hydroxyl groups is 1. The molecule has 6 heteroatoms.